The average Bonchev–Trinajstić information content (AvgIpc) is 2.96. The summed E-state index contributed by atoms with van der Waals surface area (Å²) in [5.41, 5.74) is -0.909. The van der Waals surface area contributed by atoms with Crippen LogP contribution in [0.1, 0.15) is 22.8 Å². The molecule has 1 aliphatic heterocycles. The van der Waals surface area contributed by atoms with E-state index in [1.807, 2.05) is 0 Å². The van der Waals surface area contributed by atoms with Gasteiger partial charge in [0.1, 0.15) is 5.56 Å². The molecular formula is C18H16N4O6. The summed E-state index contributed by atoms with van der Waals surface area (Å²) in [7, 11) is 2.56. The molecule has 2 N–H and O–H groups in total. The maximum atomic E-state index is 12.8. The summed E-state index contributed by atoms with van der Waals surface area (Å²) in [6, 6.07) is 5.55. The van der Waals surface area contributed by atoms with Crippen LogP contribution in [0.2, 0.25) is 0 Å². The molecule has 0 fully saturated rings. The molecule has 3 rings (SSSR count). The molecule has 10 nitrogen and oxygen atoms in total. The fourth-order valence-corrected chi connectivity index (χ4v) is 2.73. The number of benzene rings is 1. The van der Waals surface area contributed by atoms with Gasteiger partial charge in [0.15, 0.2) is 0 Å². The molecule has 0 spiro atoms. The topological polar surface area (TPSA) is 134 Å². The molecule has 0 saturated carbocycles. The van der Waals surface area contributed by atoms with Crippen molar-refractivity contribution in [3.63, 3.8) is 0 Å². The highest BCUT2D eigenvalue weighted by Gasteiger charge is 2.30. The summed E-state index contributed by atoms with van der Waals surface area (Å²) in [5, 5.41) is 24.3. The molecule has 1 aromatic heterocycles. The smallest absolute Gasteiger partial charge is 0.335 e. The van der Waals surface area contributed by atoms with E-state index in [2.05, 4.69) is 5.10 Å². The van der Waals surface area contributed by atoms with Gasteiger partial charge < -0.3 is 10.2 Å². The Labute approximate surface area is 157 Å². The molecule has 1 aliphatic rings. The molecule has 10 heteroatoms. The van der Waals surface area contributed by atoms with Gasteiger partial charge in [-0.15, -0.1) is 0 Å². The summed E-state index contributed by atoms with van der Waals surface area (Å²) < 4.78 is 1.71. The van der Waals surface area contributed by atoms with E-state index >= 15 is 0 Å². The van der Waals surface area contributed by atoms with Gasteiger partial charge in [-0.1, -0.05) is 0 Å². The standard InChI is InChI=1S/C18H16N4O6/c1-9-12(8-13-14(23)20(2)18(28)21(3)15(13)24)16(25)22(19-9)11-6-4-10(5-7-11)17(26)27/h4-8,23H,1-3H3,(H,26,27). The van der Waals surface area contributed by atoms with Crippen LogP contribution in [0.4, 0.5) is 5.69 Å². The Balaban J connectivity index is 2.06. The van der Waals surface area contributed by atoms with Crippen LogP contribution in [0.25, 0.3) is 6.08 Å². The molecule has 1 amide bonds. The number of hydrogen-bond acceptors (Lipinski definition) is 6. The van der Waals surface area contributed by atoms with Gasteiger partial charge in [0.05, 0.1) is 22.5 Å². The lowest BCUT2D eigenvalue weighted by Gasteiger charge is -2.12. The third-order valence-corrected chi connectivity index (χ3v) is 4.38. The Kier molecular flexibility index (Phi) is 4.47. The third kappa shape index (κ3) is 2.90. The number of aromatic hydroxyl groups is 1. The summed E-state index contributed by atoms with van der Waals surface area (Å²) in [4.78, 5) is 47.9. The van der Waals surface area contributed by atoms with Gasteiger partial charge >= 0.3 is 11.7 Å². The zero-order chi connectivity index (χ0) is 20.7. The van der Waals surface area contributed by atoms with E-state index in [0.717, 1.165) is 14.1 Å². The molecule has 28 heavy (non-hydrogen) atoms. The van der Waals surface area contributed by atoms with Crippen molar-refractivity contribution in [1.82, 2.24) is 9.13 Å². The number of aromatic nitrogens is 2. The summed E-state index contributed by atoms with van der Waals surface area (Å²) >= 11 is 0. The van der Waals surface area contributed by atoms with Gasteiger partial charge in [0.25, 0.3) is 11.5 Å². The molecule has 0 saturated heterocycles. The second kappa shape index (κ2) is 6.65. The first-order chi connectivity index (χ1) is 13.1. The number of hydrazone groups is 1. The lowest BCUT2D eigenvalue weighted by atomic mass is 10.1. The molecule has 1 aromatic carbocycles. The van der Waals surface area contributed by atoms with E-state index in [4.69, 9.17) is 5.11 Å². The van der Waals surface area contributed by atoms with Crippen LogP contribution in [-0.2, 0) is 18.9 Å². The van der Waals surface area contributed by atoms with Gasteiger partial charge in [-0.25, -0.2) is 9.59 Å². The molecule has 0 bridgehead atoms. The second-order valence-electron chi connectivity index (χ2n) is 6.16. The first-order valence-corrected chi connectivity index (χ1v) is 8.07. The fourth-order valence-electron chi connectivity index (χ4n) is 2.73. The van der Waals surface area contributed by atoms with Crippen LogP contribution in [0.5, 0.6) is 5.88 Å². The molecule has 0 atom stereocenters. The quantitative estimate of drug-likeness (QED) is 0.731. The zero-order valence-electron chi connectivity index (χ0n) is 15.2. The molecular weight excluding hydrogens is 368 g/mol. The fraction of sp³-hybridized carbons (Fsp3) is 0.167. The second-order valence-corrected chi connectivity index (χ2v) is 6.16. The minimum atomic E-state index is -1.10. The van der Waals surface area contributed by atoms with E-state index < -0.39 is 29.0 Å². The van der Waals surface area contributed by atoms with Crippen LogP contribution >= 0.6 is 0 Å². The first-order valence-electron chi connectivity index (χ1n) is 8.07. The average molecular weight is 384 g/mol. The molecule has 2 heterocycles. The normalized spacial score (nSPS) is 15.2. The molecule has 0 unspecified atom stereocenters. The van der Waals surface area contributed by atoms with Gasteiger partial charge in [-0.2, -0.15) is 10.1 Å². The van der Waals surface area contributed by atoms with Crippen molar-refractivity contribution >= 4 is 29.4 Å². The van der Waals surface area contributed by atoms with E-state index in [0.29, 0.717) is 11.4 Å². The van der Waals surface area contributed by atoms with E-state index in [9.17, 15) is 24.3 Å². The molecule has 144 valence electrons. The predicted molar refractivity (Wildman–Crippen MR) is 101 cm³/mol. The number of hydrogen-bond donors (Lipinski definition) is 2. The van der Waals surface area contributed by atoms with Gasteiger partial charge in [0.2, 0.25) is 5.88 Å². The Hall–Kier alpha value is -3.95. The summed E-state index contributed by atoms with van der Waals surface area (Å²) in [6.07, 6.45) is 1.18. The van der Waals surface area contributed by atoms with Crippen molar-refractivity contribution in [3.8, 4) is 5.88 Å². The number of carbonyl (C=O) groups is 2. The SMILES string of the molecule is CC1=NN(c2ccc(C(=O)O)cc2)C(=O)C1=Cc1c(O)n(C)c(=O)n(C)c1=O. The number of aromatic carboxylic acids is 1. The maximum Gasteiger partial charge on any atom is 0.335 e. The van der Waals surface area contributed by atoms with Crippen molar-refractivity contribution in [2.24, 2.45) is 19.2 Å². The highest BCUT2D eigenvalue weighted by molar-refractivity contribution is 6.32. The number of carboxylic acids is 1. The monoisotopic (exact) mass is 384 g/mol. The molecule has 2 aromatic rings. The van der Waals surface area contributed by atoms with Crippen LogP contribution in [0, 0.1) is 0 Å². The van der Waals surface area contributed by atoms with Gasteiger partial charge in [-0.3, -0.25) is 18.7 Å². The number of amides is 1. The molecule has 0 radical (unpaired) electrons. The van der Waals surface area contributed by atoms with Crippen molar-refractivity contribution in [2.75, 3.05) is 5.01 Å². The van der Waals surface area contributed by atoms with Crippen molar-refractivity contribution in [1.29, 1.82) is 0 Å². The molecule has 0 aliphatic carbocycles. The van der Waals surface area contributed by atoms with Crippen molar-refractivity contribution < 1.29 is 19.8 Å². The van der Waals surface area contributed by atoms with E-state index in [1.54, 1.807) is 6.92 Å². The van der Waals surface area contributed by atoms with Crippen LogP contribution < -0.4 is 16.3 Å². The largest absolute Gasteiger partial charge is 0.494 e. The van der Waals surface area contributed by atoms with Gasteiger partial charge in [0, 0.05) is 14.1 Å². The highest BCUT2D eigenvalue weighted by Crippen LogP contribution is 2.26. The number of nitrogens with zero attached hydrogens (tertiary/aromatic N) is 4. The summed E-state index contributed by atoms with van der Waals surface area (Å²) in [5.74, 6) is -2.22. The first kappa shape index (κ1) is 18.8. The zero-order valence-corrected chi connectivity index (χ0v) is 15.2. The predicted octanol–water partition coefficient (Wildman–Crippen LogP) is 0.294. The Morgan fingerprint density at radius 3 is 2.25 bits per heavy atom. The number of rotatable bonds is 3. The Morgan fingerprint density at radius 2 is 1.68 bits per heavy atom. The number of carbonyl (C=O) groups excluding carboxylic acids is 1. The van der Waals surface area contributed by atoms with Crippen molar-refractivity contribution in [2.45, 2.75) is 6.92 Å². The summed E-state index contributed by atoms with van der Waals surface area (Å²) in [6.45, 7) is 1.55. The minimum absolute atomic E-state index is 0.0606. The lowest BCUT2D eigenvalue weighted by Crippen LogP contribution is -2.38. The van der Waals surface area contributed by atoms with E-state index in [-0.39, 0.29) is 16.7 Å². The maximum absolute atomic E-state index is 12.8. The number of carboxylic acid groups (broad SMARTS) is 1. The Morgan fingerprint density at radius 1 is 1.07 bits per heavy atom. The number of anilines is 1. The van der Waals surface area contributed by atoms with Gasteiger partial charge in [-0.05, 0) is 37.3 Å². The van der Waals surface area contributed by atoms with Crippen LogP contribution in [0.15, 0.2) is 44.5 Å². The third-order valence-electron chi connectivity index (χ3n) is 4.38. The lowest BCUT2D eigenvalue weighted by molar-refractivity contribution is -0.114. The van der Waals surface area contributed by atoms with E-state index in [1.165, 1.54) is 44.4 Å². The van der Waals surface area contributed by atoms with Crippen LogP contribution in [0.3, 0.4) is 0 Å². The highest BCUT2D eigenvalue weighted by atomic mass is 16.4. The minimum Gasteiger partial charge on any atom is -0.494 e. The van der Waals surface area contributed by atoms with Crippen LogP contribution in [-0.4, -0.2) is 36.9 Å². The Bertz CT molecular complexity index is 1180. The van der Waals surface area contributed by atoms with Crippen molar-refractivity contribution in [3.05, 3.63) is 61.8 Å².